The summed E-state index contributed by atoms with van der Waals surface area (Å²) >= 11 is 0. The van der Waals surface area contributed by atoms with Crippen molar-refractivity contribution in [2.45, 2.75) is 32.9 Å². The number of carboxylic acids is 1. The van der Waals surface area contributed by atoms with Gasteiger partial charge >= 0.3 is 5.97 Å². The van der Waals surface area contributed by atoms with E-state index in [1.54, 1.807) is 0 Å². The van der Waals surface area contributed by atoms with Crippen LogP contribution in [0.1, 0.15) is 17.0 Å². The van der Waals surface area contributed by atoms with Crippen LogP contribution in [0.25, 0.3) is 0 Å². The Morgan fingerprint density at radius 3 is 2.48 bits per heavy atom. The summed E-state index contributed by atoms with van der Waals surface area (Å²) in [5.74, 6) is -1.98. The minimum Gasteiger partial charge on any atom is -0.480 e. The van der Waals surface area contributed by atoms with Gasteiger partial charge in [0, 0.05) is 12.1 Å². The fourth-order valence-corrected chi connectivity index (χ4v) is 2.27. The smallest absolute Gasteiger partial charge is 0.326 e. The van der Waals surface area contributed by atoms with Crippen LogP contribution in [0, 0.1) is 19.7 Å². The van der Waals surface area contributed by atoms with Crippen molar-refractivity contribution in [2.75, 3.05) is 0 Å². The molecular formula is C16H18FN3O3. The Balaban J connectivity index is 2.01. The third kappa shape index (κ3) is 4.64. The summed E-state index contributed by atoms with van der Waals surface area (Å²) in [4.78, 5) is 23.4. The van der Waals surface area contributed by atoms with Gasteiger partial charge in [-0.25, -0.2) is 9.18 Å². The molecule has 0 aliphatic carbocycles. The van der Waals surface area contributed by atoms with Gasteiger partial charge in [0.15, 0.2) is 0 Å². The van der Waals surface area contributed by atoms with Gasteiger partial charge in [-0.15, -0.1) is 0 Å². The summed E-state index contributed by atoms with van der Waals surface area (Å²) in [5.41, 5.74) is 2.24. The van der Waals surface area contributed by atoms with Crippen molar-refractivity contribution in [1.29, 1.82) is 0 Å². The highest BCUT2D eigenvalue weighted by atomic mass is 19.1. The molecule has 122 valence electrons. The molecule has 1 heterocycles. The number of carbonyl (C=O) groups is 2. The topological polar surface area (TPSA) is 84.2 Å². The number of benzene rings is 1. The Labute approximate surface area is 132 Å². The molecule has 1 amide bonds. The van der Waals surface area contributed by atoms with Crippen LogP contribution in [0.4, 0.5) is 4.39 Å². The first kappa shape index (κ1) is 16.7. The molecule has 2 rings (SSSR count). The molecule has 7 heteroatoms. The van der Waals surface area contributed by atoms with Crippen molar-refractivity contribution < 1.29 is 19.1 Å². The van der Waals surface area contributed by atoms with E-state index in [9.17, 15) is 19.1 Å². The number of hydrogen-bond donors (Lipinski definition) is 2. The van der Waals surface area contributed by atoms with Crippen LogP contribution < -0.4 is 5.32 Å². The van der Waals surface area contributed by atoms with E-state index in [0.29, 0.717) is 5.56 Å². The standard InChI is InChI=1S/C16H18FN3O3/c1-10-7-11(2)20(19-10)9-15(21)18-14(16(22)23)8-12-3-5-13(17)6-4-12/h3-7,14H,8-9H2,1-2H3,(H,18,21)(H,22,23)/t14-/m0/s1. The SMILES string of the molecule is Cc1cc(C)n(CC(=O)N[C@@H](Cc2ccc(F)cc2)C(=O)O)n1. The molecule has 2 N–H and O–H groups in total. The van der Waals surface area contributed by atoms with Crippen LogP contribution in [0.15, 0.2) is 30.3 Å². The predicted octanol–water partition coefficient (Wildman–Crippen LogP) is 1.45. The molecule has 2 aromatic rings. The molecule has 0 saturated heterocycles. The van der Waals surface area contributed by atoms with E-state index in [-0.39, 0.29) is 13.0 Å². The van der Waals surface area contributed by atoms with E-state index in [1.165, 1.54) is 28.9 Å². The highest BCUT2D eigenvalue weighted by Crippen LogP contribution is 2.07. The van der Waals surface area contributed by atoms with Crippen molar-refractivity contribution in [1.82, 2.24) is 15.1 Å². The van der Waals surface area contributed by atoms with Crippen molar-refractivity contribution in [3.05, 3.63) is 53.1 Å². The second-order valence-corrected chi connectivity index (χ2v) is 5.37. The van der Waals surface area contributed by atoms with Gasteiger partial charge in [0.05, 0.1) is 5.69 Å². The maximum Gasteiger partial charge on any atom is 0.326 e. The third-order valence-electron chi connectivity index (χ3n) is 3.38. The highest BCUT2D eigenvalue weighted by Gasteiger charge is 2.21. The Kier molecular flexibility index (Phi) is 5.10. The average Bonchev–Trinajstić information content (AvgIpc) is 2.78. The molecule has 0 bridgehead atoms. The molecule has 1 aromatic heterocycles. The first-order valence-corrected chi connectivity index (χ1v) is 7.13. The molecule has 0 aliphatic heterocycles. The first-order valence-electron chi connectivity index (χ1n) is 7.13. The normalized spacial score (nSPS) is 12.0. The molecule has 23 heavy (non-hydrogen) atoms. The van der Waals surface area contributed by atoms with Gasteiger partial charge < -0.3 is 10.4 Å². The summed E-state index contributed by atoms with van der Waals surface area (Å²) in [6.07, 6.45) is 0.0818. The van der Waals surface area contributed by atoms with Crippen molar-refractivity contribution in [3.8, 4) is 0 Å². The number of nitrogens with one attached hydrogen (secondary N) is 1. The predicted molar refractivity (Wildman–Crippen MR) is 81.4 cm³/mol. The van der Waals surface area contributed by atoms with Crippen molar-refractivity contribution in [3.63, 3.8) is 0 Å². The lowest BCUT2D eigenvalue weighted by molar-refractivity contribution is -0.141. The Morgan fingerprint density at radius 1 is 1.30 bits per heavy atom. The minimum atomic E-state index is -1.14. The summed E-state index contributed by atoms with van der Waals surface area (Å²) in [6, 6.07) is 6.26. The molecular weight excluding hydrogens is 301 g/mol. The monoisotopic (exact) mass is 319 g/mol. The maximum absolute atomic E-state index is 12.9. The zero-order valence-corrected chi connectivity index (χ0v) is 12.9. The lowest BCUT2D eigenvalue weighted by atomic mass is 10.1. The minimum absolute atomic E-state index is 0.0487. The number of carboxylic acid groups (broad SMARTS) is 1. The Hall–Kier alpha value is -2.70. The largest absolute Gasteiger partial charge is 0.480 e. The fraction of sp³-hybridized carbons (Fsp3) is 0.312. The van der Waals surface area contributed by atoms with Gasteiger partial charge in [0.25, 0.3) is 0 Å². The molecule has 1 atom stereocenters. The lowest BCUT2D eigenvalue weighted by Gasteiger charge is -2.15. The average molecular weight is 319 g/mol. The number of hydrogen-bond acceptors (Lipinski definition) is 3. The highest BCUT2D eigenvalue weighted by molar-refractivity contribution is 5.83. The lowest BCUT2D eigenvalue weighted by Crippen LogP contribution is -2.43. The number of carbonyl (C=O) groups excluding carboxylic acids is 1. The van der Waals surface area contributed by atoms with Crippen LogP contribution in [-0.4, -0.2) is 32.8 Å². The number of amides is 1. The number of aryl methyl sites for hydroxylation is 2. The second-order valence-electron chi connectivity index (χ2n) is 5.37. The van der Waals surface area contributed by atoms with Crippen LogP contribution in [0.3, 0.4) is 0 Å². The van der Waals surface area contributed by atoms with E-state index in [4.69, 9.17) is 0 Å². The molecule has 0 saturated carbocycles. The quantitative estimate of drug-likeness (QED) is 0.844. The molecule has 6 nitrogen and oxygen atoms in total. The molecule has 0 spiro atoms. The van der Waals surface area contributed by atoms with Crippen LogP contribution >= 0.6 is 0 Å². The number of halogens is 1. The van der Waals surface area contributed by atoms with Gasteiger partial charge in [0.2, 0.25) is 5.91 Å². The summed E-state index contributed by atoms with van der Waals surface area (Å²) in [7, 11) is 0. The van der Waals surface area contributed by atoms with Crippen LogP contribution in [0.5, 0.6) is 0 Å². The van der Waals surface area contributed by atoms with E-state index < -0.39 is 23.7 Å². The second kappa shape index (κ2) is 7.04. The van der Waals surface area contributed by atoms with Gasteiger partial charge in [-0.3, -0.25) is 9.48 Å². The van der Waals surface area contributed by atoms with Gasteiger partial charge in [-0.2, -0.15) is 5.10 Å². The van der Waals surface area contributed by atoms with E-state index in [0.717, 1.165) is 11.4 Å². The molecule has 0 fully saturated rings. The van der Waals surface area contributed by atoms with Gasteiger partial charge in [0.1, 0.15) is 18.4 Å². The zero-order chi connectivity index (χ0) is 17.0. The first-order chi connectivity index (χ1) is 10.8. The summed E-state index contributed by atoms with van der Waals surface area (Å²) < 4.78 is 14.4. The molecule has 0 aliphatic rings. The number of rotatable bonds is 6. The third-order valence-corrected chi connectivity index (χ3v) is 3.38. The maximum atomic E-state index is 12.9. The number of nitrogens with zero attached hydrogens (tertiary/aromatic N) is 2. The van der Waals surface area contributed by atoms with E-state index >= 15 is 0 Å². The van der Waals surface area contributed by atoms with Gasteiger partial charge in [-0.1, -0.05) is 12.1 Å². The molecule has 0 radical (unpaired) electrons. The Bertz CT molecular complexity index is 710. The number of aliphatic carboxylic acids is 1. The zero-order valence-electron chi connectivity index (χ0n) is 12.9. The van der Waals surface area contributed by atoms with Gasteiger partial charge in [-0.05, 0) is 37.6 Å². The number of aromatic nitrogens is 2. The van der Waals surface area contributed by atoms with E-state index in [2.05, 4.69) is 10.4 Å². The Morgan fingerprint density at radius 2 is 1.96 bits per heavy atom. The fourth-order valence-electron chi connectivity index (χ4n) is 2.27. The molecule has 1 aromatic carbocycles. The van der Waals surface area contributed by atoms with Crippen LogP contribution in [0.2, 0.25) is 0 Å². The summed E-state index contributed by atoms with van der Waals surface area (Å²) in [6.45, 7) is 3.59. The van der Waals surface area contributed by atoms with Crippen LogP contribution in [-0.2, 0) is 22.6 Å². The van der Waals surface area contributed by atoms with E-state index in [1.807, 2.05) is 19.9 Å². The summed E-state index contributed by atoms with van der Waals surface area (Å²) in [5, 5.41) is 15.9. The van der Waals surface area contributed by atoms with Crippen molar-refractivity contribution in [2.24, 2.45) is 0 Å². The van der Waals surface area contributed by atoms with Crippen molar-refractivity contribution >= 4 is 11.9 Å². The molecule has 0 unspecified atom stereocenters.